The fraction of sp³-hybridized carbons (Fsp3) is 0.800. The van der Waals surface area contributed by atoms with Gasteiger partial charge < -0.3 is 4.74 Å². The van der Waals surface area contributed by atoms with Crippen molar-refractivity contribution in [2.45, 2.75) is 71.6 Å². The van der Waals surface area contributed by atoms with Gasteiger partial charge in [0.2, 0.25) is 6.20 Å². The number of esters is 1. The second kappa shape index (κ2) is 15.5. The molecule has 170 valence electrons. The van der Waals surface area contributed by atoms with Crippen molar-refractivity contribution in [1.29, 1.82) is 0 Å². The maximum atomic E-state index is 11.6. The molecule has 0 radical (unpaired) electrons. The molecule has 1 heterocycles. The number of likely N-dealkylation sites (N-methyl/N-ethyl adjacent to an activating group) is 1. The quantitative estimate of drug-likeness (QED) is 0.147. The lowest BCUT2D eigenvalue weighted by atomic mass is 10.1. The van der Waals surface area contributed by atoms with Gasteiger partial charge in [-0.05, 0) is 12.8 Å². The van der Waals surface area contributed by atoms with Gasteiger partial charge in [0.1, 0.15) is 7.05 Å². The first kappa shape index (κ1) is 27.7. The van der Waals surface area contributed by atoms with Gasteiger partial charge in [-0.2, -0.15) is 13.0 Å². The van der Waals surface area contributed by atoms with Crippen molar-refractivity contribution in [1.82, 2.24) is 0 Å². The minimum atomic E-state index is -4.22. The molecule has 1 N–H and O–H groups in total. The second-order valence-corrected chi connectivity index (χ2v) is 8.62. The summed E-state index contributed by atoms with van der Waals surface area (Å²) >= 11 is 0. The molecule has 0 aliphatic carbocycles. The van der Waals surface area contributed by atoms with Crippen molar-refractivity contribution in [2.75, 3.05) is 33.9 Å². The van der Waals surface area contributed by atoms with Crippen molar-refractivity contribution >= 4 is 22.7 Å². The predicted octanol–water partition coefficient (Wildman–Crippen LogP) is 3.49. The highest BCUT2D eigenvalue weighted by molar-refractivity contribution is 7.80. The van der Waals surface area contributed by atoms with Crippen LogP contribution in [0.5, 0.6) is 0 Å². The fourth-order valence-corrected chi connectivity index (χ4v) is 3.08. The Morgan fingerprint density at radius 2 is 1.55 bits per heavy atom. The zero-order valence-electron chi connectivity index (χ0n) is 18.5. The SMILES string of the molecule is CCCCCCCCOS(=O)(=O)O.CCCCCOC(=O)C[N@+]1(C)C=C[N+](C)=C1. The molecule has 0 aromatic heterocycles. The topological polar surface area (TPSA) is 92.9 Å². The molecule has 8 nitrogen and oxygen atoms in total. The summed E-state index contributed by atoms with van der Waals surface area (Å²) in [5.41, 5.74) is 0. The summed E-state index contributed by atoms with van der Waals surface area (Å²) in [5.74, 6) is -0.130. The summed E-state index contributed by atoms with van der Waals surface area (Å²) in [6.07, 6.45) is 15.5. The van der Waals surface area contributed by atoms with E-state index in [0.29, 0.717) is 24.1 Å². The summed E-state index contributed by atoms with van der Waals surface area (Å²) in [6.45, 7) is 5.28. The summed E-state index contributed by atoms with van der Waals surface area (Å²) in [6, 6.07) is 0. The first-order valence-corrected chi connectivity index (χ1v) is 11.9. The number of hydrogen-bond acceptors (Lipinski definition) is 5. The minimum absolute atomic E-state index is 0.0883. The highest BCUT2D eigenvalue weighted by Gasteiger charge is 2.30. The van der Waals surface area contributed by atoms with Crippen LogP contribution >= 0.6 is 0 Å². The molecule has 1 atom stereocenters. The van der Waals surface area contributed by atoms with E-state index in [4.69, 9.17) is 9.29 Å². The van der Waals surface area contributed by atoms with Gasteiger partial charge in [0.05, 0.1) is 20.3 Å². The number of nitrogens with zero attached hydrogens (tertiary/aromatic N) is 2. The van der Waals surface area contributed by atoms with Crippen molar-refractivity contribution < 1.29 is 35.7 Å². The van der Waals surface area contributed by atoms with Crippen LogP contribution in [0.1, 0.15) is 71.6 Å². The van der Waals surface area contributed by atoms with E-state index in [2.05, 4.69) is 18.0 Å². The van der Waals surface area contributed by atoms with Gasteiger partial charge in [-0.1, -0.05) is 58.8 Å². The average Bonchev–Trinajstić information content (AvgIpc) is 2.96. The van der Waals surface area contributed by atoms with E-state index in [1.807, 2.05) is 37.4 Å². The van der Waals surface area contributed by atoms with Crippen LogP contribution < -0.4 is 0 Å². The van der Waals surface area contributed by atoms with E-state index in [9.17, 15) is 13.2 Å². The van der Waals surface area contributed by atoms with Gasteiger partial charge in [0, 0.05) is 0 Å². The number of rotatable bonds is 14. The van der Waals surface area contributed by atoms with Gasteiger partial charge in [-0.25, -0.2) is 13.5 Å². The van der Waals surface area contributed by atoms with Crippen molar-refractivity contribution in [2.24, 2.45) is 0 Å². The number of quaternary nitrogens is 1. The first-order chi connectivity index (χ1) is 13.6. The summed E-state index contributed by atoms with van der Waals surface area (Å²) in [7, 11) is -0.291. The monoisotopic (exact) mass is 436 g/mol. The van der Waals surface area contributed by atoms with E-state index in [1.54, 1.807) is 0 Å². The number of ether oxygens (including phenoxy) is 1. The van der Waals surface area contributed by atoms with Crippen LogP contribution in [0.3, 0.4) is 0 Å². The van der Waals surface area contributed by atoms with Gasteiger partial charge in [0.25, 0.3) is 0 Å². The largest absolute Gasteiger partial charge is 0.462 e. The predicted molar refractivity (Wildman–Crippen MR) is 114 cm³/mol. The number of carbonyl (C=O) groups excluding carboxylic acids is 1. The Morgan fingerprint density at radius 1 is 1.00 bits per heavy atom. The molecule has 0 fully saturated rings. The van der Waals surface area contributed by atoms with E-state index in [-0.39, 0.29) is 12.6 Å². The average molecular weight is 437 g/mol. The van der Waals surface area contributed by atoms with Gasteiger partial charge in [0.15, 0.2) is 12.7 Å². The maximum absolute atomic E-state index is 11.6. The Morgan fingerprint density at radius 3 is 2.10 bits per heavy atom. The van der Waals surface area contributed by atoms with E-state index < -0.39 is 10.4 Å². The third kappa shape index (κ3) is 17.3. The third-order valence-electron chi connectivity index (χ3n) is 4.30. The zero-order chi connectivity index (χ0) is 22.2. The molecule has 1 rings (SSSR count). The molecular formula is C20H40N2O6S+2. The summed E-state index contributed by atoms with van der Waals surface area (Å²) < 4.78 is 40.2. The molecule has 0 aromatic carbocycles. The number of unbranched alkanes of at least 4 members (excludes halogenated alkanes) is 7. The molecule has 0 amide bonds. The Kier molecular flexibility index (Phi) is 14.8. The Hall–Kier alpha value is -1.29. The third-order valence-corrected chi connectivity index (χ3v) is 4.76. The molecule has 0 saturated carbocycles. The van der Waals surface area contributed by atoms with Crippen LogP contribution in [0.15, 0.2) is 12.4 Å². The Balaban J connectivity index is 0.000000555. The molecule has 0 aromatic rings. The van der Waals surface area contributed by atoms with Crippen molar-refractivity contribution in [3.05, 3.63) is 12.4 Å². The van der Waals surface area contributed by atoms with E-state index >= 15 is 0 Å². The van der Waals surface area contributed by atoms with Gasteiger partial charge in [-0.15, -0.1) is 0 Å². The van der Waals surface area contributed by atoms with Crippen molar-refractivity contribution in [3.63, 3.8) is 0 Å². The lowest BCUT2D eigenvalue weighted by Gasteiger charge is -2.16. The summed E-state index contributed by atoms with van der Waals surface area (Å²) in [4.78, 5) is 11.6. The lowest BCUT2D eigenvalue weighted by Crippen LogP contribution is -2.41. The first-order valence-electron chi connectivity index (χ1n) is 10.5. The highest BCUT2D eigenvalue weighted by atomic mass is 32.3. The molecule has 0 spiro atoms. The lowest BCUT2D eigenvalue weighted by molar-refractivity contribution is -0.759. The van der Waals surface area contributed by atoms with Gasteiger partial charge in [-0.3, -0.25) is 4.55 Å². The molecule has 0 saturated heterocycles. The summed E-state index contributed by atoms with van der Waals surface area (Å²) in [5, 5.41) is 0. The second-order valence-electron chi connectivity index (χ2n) is 7.53. The molecular weight excluding hydrogens is 396 g/mol. The zero-order valence-corrected chi connectivity index (χ0v) is 19.3. The van der Waals surface area contributed by atoms with Crippen LogP contribution in [-0.2, 0) is 24.1 Å². The van der Waals surface area contributed by atoms with Crippen LogP contribution in [0.4, 0.5) is 0 Å². The van der Waals surface area contributed by atoms with Crippen LogP contribution in [0, 0.1) is 0 Å². The Bertz CT molecular complexity index is 618. The molecule has 1 aliphatic heterocycles. The van der Waals surface area contributed by atoms with E-state index in [0.717, 1.165) is 32.1 Å². The molecule has 9 heteroatoms. The van der Waals surface area contributed by atoms with Crippen LogP contribution in [0.25, 0.3) is 0 Å². The molecule has 29 heavy (non-hydrogen) atoms. The molecule has 1 aliphatic rings. The maximum Gasteiger partial charge on any atom is 0.397 e. The number of hydrogen-bond donors (Lipinski definition) is 1. The molecule has 0 unspecified atom stereocenters. The standard InChI is InChI=1S/C12H22N2O2.C8H18O4S/c1-4-5-6-9-16-12(15)10-14(3)8-7-13(2)11-14;1-2-3-4-5-6-7-8-12-13(9,10)11/h7-8,11H,4-6,9-10H2,1-3H3;2-8H2,1H3,(H,9,10,11)/q+2;/t14-;/m0./s1. The van der Waals surface area contributed by atoms with E-state index in [1.165, 1.54) is 19.3 Å². The van der Waals surface area contributed by atoms with Crippen LogP contribution in [0.2, 0.25) is 0 Å². The highest BCUT2D eigenvalue weighted by Crippen LogP contribution is 2.07. The van der Waals surface area contributed by atoms with Crippen molar-refractivity contribution in [3.8, 4) is 0 Å². The minimum Gasteiger partial charge on any atom is -0.462 e. The Labute approximate surface area is 176 Å². The fourth-order valence-electron chi connectivity index (χ4n) is 2.75. The number of carbonyl (C=O) groups is 1. The molecule has 0 bridgehead atoms. The van der Waals surface area contributed by atoms with Crippen LogP contribution in [-0.4, -0.2) is 68.2 Å². The smallest absolute Gasteiger partial charge is 0.397 e. The van der Waals surface area contributed by atoms with Gasteiger partial charge >= 0.3 is 22.7 Å². The normalized spacial score (nSPS) is 18.2.